The Bertz CT molecular complexity index is 238. The van der Waals surface area contributed by atoms with E-state index in [1.165, 1.54) is 11.5 Å². The number of halogens is 1. The van der Waals surface area contributed by atoms with Gasteiger partial charge in [0.1, 0.15) is 0 Å². The van der Waals surface area contributed by atoms with Crippen molar-refractivity contribution >= 4 is 34.1 Å². The van der Waals surface area contributed by atoms with Crippen LogP contribution in [0.2, 0.25) is 0 Å². The Kier molecular flexibility index (Phi) is 1.71. The first kappa shape index (κ1) is 6.28. The average molecular weight is 241 g/mol. The van der Waals surface area contributed by atoms with Crippen molar-refractivity contribution in [2.24, 2.45) is 0 Å². The molecule has 2 nitrogen and oxygen atoms in total. The van der Waals surface area contributed by atoms with Crippen molar-refractivity contribution in [3.8, 4) is 0 Å². The lowest BCUT2D eigenvalue weighted by Gasteiger charge is -1.74. The first-order valence-electron chi connectivity index (χ1n) is 2.05. The van der Waals surface area contributed by atoms with Gasteiger partial charge < -0.3 is 0 Å². The van der Waals surface area contributed by atoms with Crippen LogP contribution < -0.4 is 5.56 Å². The Morgan fingerprint density at radius 1 is 1.75 bits per heavy atom. The van der Waals surface area contributed by atoms with E-state index in [4.69, 9.17) is 0 Å². The second kappa shape index (κ2) is 2.18. The predicted octanol–water partition coefficient (Wildman–Crippen LogP) is 1.35. The predicted molar refractivity (Wildman–Crippen MR) is 42.4 cm³/mol. The van der Waals surface area contributed by atoms with Crippen LogP contribution in [0.1, 0.15) is 5.56 Å². The maximum atomic E-state index is 10.6. The second-order valence-electron chi connectivity index (χ2n) is 1.43. The Labute approximate surface area is 64.2 Å². The molecule has 8 heavy (non-hydrogen) atoms. The van der Waals surface area contributed by atoms with Gasteiger partial charge in [-0.25, -0.2) is 0 Å². The Balaban J connectivity index is 3.41. The third-order valence-electron chi connectivity index (χ3n) is 0.869. The smallest absolute Gasteiger partial charge is 0.262 e. The molecule has 0 unspecified atom stereocenters. The summed E-state index contributed by atoms with van der Waals surface area (Å²) < 4.78 is 3.66. The molecule has 0 radical (unpaired) electrons. The van der Waals surface area contributed by atoms with E-state index in [9.17, 15) is 4.79 Å². The summed E-state index contributed by atoms with van der Waals surface area (Å²) >= 11 is 3.51. The van der Waals surface area contributed by atoms with E-state index in [1.54, 1.807) is 0 Å². The highest BCUT2D eigenvalue weighted by Crippen LogP contribution is 2.09. The minimum Gasteiger partial charge on any atom is -0.277 e. The van der Waals surface area contributed by atoms with Gasteiger partial charge in [-0.1, -0.05) is 11.5 Å². The molecule has 0 aliphatic rings. The summed E-state index contributed by atoms with van der Waals surface area (Å²) in [6, 6.07) is 0. The van der Waals surface area contributed by atoms with E-state index in [0.717, 1.165) is 8.45 Å². The number of H-pyrrole nitrogens is 1. The van der Waals surface area contributed by atoms with Gasteiger partial charge in [0.25, 0.3) is 5.56 Å². The summed E-state index contributed by atoms with van der Waals surface area (Å²) in [6.07, 6.45) is 0. The number of nitrogens with one attached hydrogen (secondary N) is 1. The first-order chi connectivity index (χ1) is 3.72. The first-order valence-corrected chi connectivity index (χ1v) is 3.95. The standard InChI is InChI=1S/C4H4INOS/c1-2-3(5)8-6-4(2)7/h1H3,(H,6,7). The van der Waals surface area contributed by atoms with Crippen LogP contribution >= 0.6 is 34.1 Å². The van der Waals surface area contributed by atoms with E-state index < -0.39 is 0 Å². The zero-order valence-corrected chi connectivity index (χ0v) is 7.17. The lowest BCUT2D eigenvalue weighted by Crippen LogP contribution is -1.99. The molecule has 1 aromatic heterocycles. The molecule has 0 bridgehead atoms. The molecule has 1 N–H and O–H groups in total. The molecule has 0 fully saturated rings. The van der Waals surface area contributed by atoms with E-state index in [0.29, 0.717) is 0 Å². The summed E-state index contributed by atoms with van der Waals surface area (Å²) in [5, 5.41) is 0. The summed E-state index contributed by atoms with van der Waals surface area (Å²) in [6.45, 7) is 1.82. The number of rotatable bonds is 0. The lowest BCUT2D eigenvalue weighted by molar-refractivity contribution is 1.33. The molecule has 0 aliphatic heterocycles. The summed E-state index contributed by atoms with van der Waals surface area (Å²) in [7, 11) is 0. The molecule has 1 rings (SSSR count). The van der Waals surface area contributed by atoms with Crippen LogP contribution in [0.15, 0.2) is 4.79 Å². The summed E-state index contributed by atoms with van der Waals surface area (Å²) in [5.74, 6) is 0. The molecule has 4 heteroatoms. The number of hydrogen-bond donors (Lipinski definition) is 1. The minimum atomic E-state index is 0.0411. The molecule has 0 aliphatic carbocycles. The highest BCUT2D eigenvalue weighted by atomic mass is 127. The fraction of sp³-hybridized carbons (Fsp3) is 0.250. The Hall–Kier alpha value is 0.160. The van der Waals surface area contributed by atoms with Crippen LogP contribution in [0.25, 0.3) is 0 Å². The van der Waals surface area contributed by atoms with Crippen molar-refractivity contribution in [1.29, 1.82) is 0 Å². The molecule has 0 atom stereocenters. The van der Waals surface area contributed by atoms with Crippen LogP contribution in [0.4, 0.5) is 0 Å². The van der Waals surface area contributed by atoms with Crippen molar-refractivity contribution in [3.05, 3.63) is 18.8 Å². The van der Waals surface area contributed by atoms with Gasteiger partial charge in [-0.2, -0.15) is 0 Å². The molecule has 0 aromatic carbocycles. The zero-order valence-electron chi connectivity index (χ0n) is 4.19. The van der Waals surface area contributed by atoms with Gasteiger partial charge in [0.2, 0.25) is 0 Å². The minimum absolute atomic E-state index is 0.0411. The van der Waals surface area contributed by atoms with E-state index in [1.807, 2.05) is 6.92 Å². The van der Waals surface area contributed by atoms with Crippen molar-refractivity contribution < 1.29 is 0 Å². The molecular weight excluding hydrogens is 237 g/mol. The summed E-state index contributed by atoms with van der Waals surface area (Å²) in [5.41, 5.74) is 0.870. The van der Waals surface area contributed by atoms with Crippen LogP contribution in [0.5, 0.6) is 0 Å². The lowest BCUT2D eigenvalue weighted by atomic mass is 10.4. The zero-order chi connectivity index (χ0) is 6.15. The Morgan fingerprint density at radius 2 is 2.38 bits per heavy atom. The number of aromatic nitrogens is 1. The monoisotopic (exact) mass is 241 g/mol. The molecule has 1 heterocycles. The highest BCUT2D eigenvalue weighted by Gasteiger charge is 1.98. The second-order valence-corrected chi connectivity index (χ2v) is 4.06. The van der Waals surface area contributed by atoms with Gasteiger partial charge in [0, 0.05) is 5.56 Å². The van der Waals surface area contributed by atoms with Gasteiger partial charge in [0.15, 0.2) is 0 Å². The van der Waals surface area contributed by atoms with Crippen LogP contribution in [-0.2, 0) is 0 Å². The van der Waals surface area contributed by atoms with Gasteiger partial charge in [-0.05, 0) is 29.5 Å². The third kappa shape index (κ3) is 0.947. The molecule has 0 saturated carbocycles. The summed E-state index contributed by atoms with van der Waals surface area (Å²) in [4.78, 5) is 10.6. The Morgan fingerprint density at radius 3 is 2.50 bits per heavy atom. The van der Waals surface area contributed by atoms with Crippen LogP contribution in [-0.4, -0.2) is 4.37 Å². The van der Waals surface area contributed by atoms with Gasteiger partial charge in [0.05, 0.1) is 2.88 Å². The normalized spacial score (nSPS) is 9.75. The molecule has 0 amide bonds. The van der Waals surface area contributed by atoms with Crippen molar-refractivity contribution in [1.82, 2.24) is 4.37 Å². The van der Waals surface area contributed by atoms with Crippen molar-refractivity contribution in [2.75, 3.05) is 0 Å². The largest absolute Gasteiger partial charge is 0.277 e. The number of aromatic amines is 1. The van der Waals surface area contributed by atoms with Crippen molar-refractivity contribution in [3.63, 3.8) is 0 Å². The van der Waals surface area contributed by atoms with Crippen LogP contribution in [0, 0.1) is 9.81 Å². The maximum absolute atomic E-state index is 10.6. The van der Waals surface area contributed by atoms with Gasteiger partial charge in [-0.15, -0.1) is 0 Å². The number of hydrogen-bond acceptors (Lipinski definition) is 2. The van der Waals surface area contributed by atoms with Gasteiger partial charge >= 0.3 is 0 Å². The molecule has 44 valence electrons. The topological polar surface area (TPSA) is 32.9 Å². The fourth-order valence-corrected chi connectivity index (χ4v) is 1.49. The molecular formula is C4H4INOS. The molecule has 0 spiro atoms. The van der Waals surface area contributed by atoms with Crippen molar-refractivity contribution in [2.45, 2.75) is 6.92 Å². The maximum Gasteiger partial charge on any atom is 0.262 e. The highest BCUT2D eigenvalue weighted by molar-refractivity contribution is 14.1. The quantitative estimate of drug-likeness (QED) is 0.683. The fourth-order valence-electron chi connectivity index (χ4n) is 0.334. The molecule has 0 saturated heterocycles. The van der Waals surface area contributed by atoms with E-state index in [2.05, 4.69) is 27.0 Å². The third-order valence-corrected chi connectivity index (χ3v) is 3.11. The molecule has 1 aromatic rings. The average Bonchev–Trinajstić information content (AvgIpc) is 1.98. The van der Waals surface area contributed by atoms with Gasteiger partial charge in [-0.3, -0.25) is 9.17 Å². The SMILES string of the molecule is Cc1c(I)s[nH]c1=O. The van der Waals surface area contributed by atoms with E-state index in [-0.39, 0.29) is 5.56 Å². The van der Waals surface area contributed by atoms with E-state index >= 15 is 0 Å². The van der Waals surface area contributed by atoms with Crippen LogP contribution in [0.3, 0.4) is 0 Å².